The van der Waals surface area contributed by atoms with Crippen LogP contribution in [0.25, 0.3) is 0 Å². The van der Waals surface area contributed by atoms with E-state index in [2.05, 4.69) is 6.92 Å². The lowest BCUT2D eigenvalue weighted by molar-refractivity contribution is -0.102. The molecule has 0 saturated heterocycles. The molecule has 0 N–H and O–H groups in total. The van der Waals surface area contributed by atoms with E-state index < -0.39 is 6.09 Å². The van der Waals surface area contributed by atoms with E-state index in [1.54, 1.807) is 11.3 Å². The van der Waals surface area contributed by atoms with Crippen LogP contribution in [0.15, 0.2) is 59.7 Å². The lowest BCUT2D eigenvalue weighted by Crippen LogP contribution is -2.30. The van der Waals surface area contributed by atoms with Crippen molar-refractivity contribution in [2.75, 3.05) is 0 Å². The maximum atomic E-state index is 12.5. The molecule has 0 saturated carbocycles. The first-order valence-electron chi connectivity index (χ1n) is 8.20. The van der Waals surface area contributed by atoms with Crippen LogP contribution in [0.1, 0.15) is 42.7 Å². The fraction of sp³-hybridized carbons (Fsp3) is 0.316. The highest BCUT2D eigenvalue weighted by atomic mass is 32.1. The zero-order chi connectivity index (χ0) is 16.8. The molecule has 1 unspecified atom stereocenters. The van der Waals surface area contributed by atoms with Crippen molar-refractivity contribution in [2.24, 2.45) is 0 Å². The number of hydrogen-bond donors (Lipinski definition) is 0. The third-order valence-electron chi connectivity index (χ3n) is 3.81. The van der Waals surface area contributed by atoms with Gasteiger partial charge in [0.15, 0.2) is 0 Å². The molecule has 1 aromatic carbocycles. The largest absolute Gasteiger partial charge is 0.444 e. The van der Waals surface area contributed by atoms with Gasteiger partial charge in [0.2, 0.25) is 0 Å². The Bertz CT molecular complexity index is 682. The minimum absolute atomic E-state index is 0.208. The van der Waals surface area contributed by atoms with Gasteiger partial charge in [0.05, 0.1) is 0 Å². The minimum atomic E-state index is -0.458. The Balaban J connectivity index is 1.67. The number of ether oxygens (including phenoxy) is 1. The molecule has 1 aliphatic heterocycles. The monoisotopic (exact) mass is 343 g/mol. The summed E-state index contributed by atoms with van der Waals surface area (Å²) in [6, 6.07) is 13.4. The van der Waals surface area contributed by atoms with Crippen molar-refractivity contribution in [3.8, 4) is 0 Å². The topological polar surface area (TPSA) is 38.8 Å². The molecule has 1 aromatic heterocycles. The molecule has 1 atom stereocenters. The van der Waals surface area contributed by atoms with E-state index in [1.807, 2.05) is 53.9 Å². The van der Waals surface area contributed by atoms with Crippen LogP contribution < -0.4 is 0 Å². The summed E-state index contributed by atoms with van der Waals surface area (Å²) in [6.07, 6.45) is 4.52. The molecule has 4 nitrogen and oxygen atoms in total. The molecule has 1 amide bonds. The van der Waals surface area contributed by atoms with Crippen LogP contribution in [0, 0.1) is 0 Å². The number of allylic oxidation sites excluding steroid dienone is 1. The predicted molar refractivity (Wildman–Crippen MR) is 94.2 cm³/mol. The van der Waals surface area contributed by atoms with E-state index in [0.29, 0.717) is 0 Å². The van der Waals surface area contributed by atoms with Crippen LogP contribution in [0.4, 0.5) is 4.79 Å². The van der Waals surface area contributed by atoms with Crippen LogP contribution >= 0.6 is 11.3 Å². The molecular formula is C19H21NO3S. The van der Waals surface area contributed by atoms with Gasteiger partial charge in [-0.25, -0.2) is 4.79 Å². The van der Waals surface area contributed by atoms with Crippen LogP contribution in [-0.4, -0.2) is 11.2 Å². The van der Waals surface area contributed by atoms with Crippen molar-refractivity contribution in [3.05, 3.63) is 70.1 Å². The van der Waals surface area contributed by atoms with Gasteiger partial charge in [0.25, 0.3) is 0 Å². The molecule has 5 heteroatoms. The summed E-state index contributed by atoms with van der Waals surface area (Å²) < 4.78 is 5.43. The summed E-state index contributed by atoms with van der Waals surface area (Å²) >= 11 is 1.61. The van der Waals surface area contributed by atoms with Gasteiger partial charge < -0.3 is 9.57 Å². The smallest absolute Gasteiger partial charge is 0.442 e. The average molecular weight is 343 g/mol. The number of nitrogens with zero attached hydrogens (tertiary/aromatic N) is 1. The lowest BCUT2D eigenvalue weighted by Gasteiger charge is -2.21. The van der Waals surface area contributed by atoms with Gasteiger partial charge in [-0.2, -0.15) is 0 Å². The number of carbonyl (C=O) groups is 1. The Morgan fingerprint density at radius 3 is 2.79 bits per heavy atom. The second kappa shape index (κ2) is 8.02. The third kappa shape index (κ3) is 3.97. The number of benzene rings is 1. The SMILES string of the molecule is CCCCC1=CC(c2cccs2)N(C(=O)OCc2ccccc2)O1. The Labute approximate surface area is 146 Å². The van der Waals surface area contributed by atoms with Gasteiger partial charge in [-0.1, -0.05) is 49.7 Å². The molecule has 3 rings (SSSR count). The summed E-state index contributed by atoms with van der Waals surface area (Å²) in [4.78, 5) is 19.3. The van der Waals surface area contributed by atoms with E-state index in [0.717, 1.165) is 35.5 Å². The molecule has 2 aromatic rings. The van der Waals surface area contributed by atoms with E-state index in [-0.39, 0.29) is 12.6 Å². The number of thiophene rings is 1. The van der Waals surface area contributed by atoms with Crippen molar-refractivity contribution in [3.63, 3.8) is 0 Å². The van der Waals surface area contributed by atoms with Gasteiger partial charge in [-0.15, -0.1) is 16.4 Å². The number of amides is 1. The molecule has 2 heterocycles. The number of unbranched alkanes of at least 4 members (excludes halogenated alkanes) is 1. The maximum Gasteiger partial charge on any atom is 0.444 e. The molecule has 0 bridgehead atoms. The Morgan fingerprint density at radius 2 is 2.08 bits per heavy atom. The molecule has 0 radical (unpaired) electrons. The summed E-state index contributed by atoms with van der Waals surface area (Å²) in [5.41, 5.74) is 0.955. The highest BCUT2D eigenvalue weighted by molar-refractivity contribution is 7.10. The van der Waals surface area contributed by atoms with Crippen LogP contribution in [0.5, 0.6) is 0 Å². The van der Waals surface area contributed by atoms with E-state index in [9.17, 15) is 4.79 Å². The quantitative estimate of drug-likeness (QED) is 0.700. The van der Waals surface area contributed by atoms with Gasteiger partial charge in [-0.05, 0) is 29.5 Å². The molecule has 24 heavy (non-hydrogen) atoms. The first-order chi connectivity index (χ1) is 11.8. The molecule has 0 fully saturated rings. The third-order valence-corrected chi connectivity index (χ3v) is 4.75. The van der Waals surface area contributed by atoms with Gasteiger partial charge in [0, 0.05) is 11.3 Å². The molecule has 0 spiro atoms. The number of hydroxylamine groups is 2. The zero-order valence-corrected chi connectivity index (χ0v) is 14.5. The van der Waals surface area contributed by atoms with Crippen LogP contribution in [0.3, 0.4) is 0 Å². The Hall–Kier alpha value is -2.27. The normalized spacial score (nSPS) is 16.6. The second-order valence-corrected chi connectivity index (χ2v) is 6.63. The van der Waals surface area contributed by atoms with Gasteiger partial charge >= 0.3 is 6.09 Å². The summed E-state index contributed by atoms with van der Waals surface area (Å²) in [5.74, 6) is 0.840. The van der Waals surface area contributed by atoms with E-state index in [1.165, 1.54) is 5.06 Å². The number of carbonyl (C=O) groups excluding carboxylic acids is 1. The van der Waals surface area contributed by atoms with Crippen molar-refractivity contribution >= 4 is 17.4 Å². The molecule has 1 aliphatic rings. The van der Waals surface area contributed by atoms with Crippen LogP contribution in [0.2, 0.25) is 0 Å². The second-order valence-electron chi connectivity index (χ2n) is 5.65. The molecule has 126 valence electrons. The van der Waals surface area contributed by atoms with Crippen molar-refractivity contribution < 1.29 is 14.4 Å². The standard InChI is InChI=1S/C19H21NO3S/c1-2-3-10-16-13-17(18-11-7-12-24-18)20(23-16)19(21)22-14-15-8-5-4-6-9-15/h4-9,11-13,17H,2-3,10,14H2,1H3. The molecule has 0 aliphatic carbocycles. The van der Waals surface area contributed by atoms with Gasteiger partial charge in [0.1, 0.15) is 18.4 Å². The Kier molecular flexibility index (Phi) is 5.54. The fourth-order valence-corrected chi connectivity index (χ4v) is 3.30. The highest BCUT2D eigenvalue weighted by Crippen LogP contribution is 2.35. The lowest BCUT2D eigenvalue weighted by atomic mass is 10.1. The van der Waals surface area contributed by atoms with Crippen molar-refractivity contribution in [1.82, 2.24) is 5.06 Å². The van der Waals surface area contributed by atoms with Crippen molar-refractivity contribution in [1.29, 1.82) is 0 Å². The summed E-state index contributed by atoms with van der Waals surface area (Å²) in [7, 11) is 0. The van der Waals surface area contributed by atoms with E-state index in [4.69, 9.17) is 9.57 Å². The van der Waals surface area contributed by atoms with Crippen molar-refractivity contribution in [2.45, 2.75) is 38.8 Å². The average Bonchev–Trinajstić information content (AvgIpc) is 3.28. The number of hydrogen-bond acceptors (Lipinski definition) is 4. The Morgan fingerprint density at radius 1 is 1.25 bits per heavy atom. The molecular weight excluding hydrogens is 322 g/mol. The van der Waals surface area contributed by atoms with E-state index >= 15 is 0 Å². The van der Waals surface area contributed by atoms with Gasteiger partial charge in [-0.3, -0.25) is 0 Å². The van der Waals surface area contributed by atoms with Crippen LogP contribution in [-0.2, 0) is 16.2 Å². The zero-order valence-electron chi connectivity index (χ0n) is 13.7. The number of rotatable bonds is 6. The maximum absolute atomic E-state index is 12.5. The highest BCUT2D eigenvalue weighted by Gasteiger charge is 2.34. The minimum Gasteiger partial charge on any atom is -0.442 e. The summed E-state index contributed by atoms with van der Waals surface area (Å²) in [6.45, 7) is 2.37. The summed E-state index contributed by atoms with van der Waals surface area (Å²) in [5, 5.41) is 3.35. The first kappa shape index (κ1) is 16.6. The fourth-order valence-electron chi connectivity index (χ4n) is 2.53. The first-order valence-corrected chi connectivity index (χ1v) is 9.08. The predicted octanol–water partition coefficient (Wildman–Crippen LogP) is 5.45.